The Hall–Kier alpha value is -4.75. The Balaban J connectivity index is 1.80. The van der Waals surface area contributed by atoms with Crippen molar-refractivity contribution in [2.45, 2.75) is 62.9 Å². The number of aliphatic carboxylic acids is 1. The lowest BCUT2D eigenvalue weighted by molar-refractivity contribution is -0.143. The van der Waals surface area contributed by atoms with Gasteiger partial charge < -0.3 is 42.6 Å². The summed E-state index contributed by atoms with van der Waals surface area (Å²) in [6, 6.07) is 11.2. The minimum Gasteiger partial charge on any atom is -0.480 e. The fraction of sp³-hybridized carbons (Fsp3) is 0.345. The fourth-order valence-electron chi connectivity index (χ4n) is 4.43. The number of amides is 4. The highest BCUT2D eigenvalue weighted by Gasteiger charge is 2.33. The van der Waals surface area contributed by atoms with Gasteiger partial charge in [0.25, 0.3) is 0 Å². The van der Waals surface area contributed by atoms with Crippen molar-refractivity contribution in [3.05, 3.63) is 71.9 Å². The van der Waals surface area contributed by atoms with Crippen LogP contribution in [0.4, 0.5) is 0 Å². The van der Waals surface area contributed by atoms with Gasteiger partial charge in [-0.1, -0.05) is 48.5 Å². The highest BCUT2D eigenvalue weighted by atomic mass is 16.4. The molecule has 1 heterocycles. The van der Waals surface area contributed by atoms with E-state index in [2.05, 4.69) is 20.9 Å². The van der Waals surface area contributed by atoms with E-state index in [-0.39, 0.29) is 25.7 Å². The van der Waals surface area contributed by atoms with Crippen molar-refractivity contribution in [2.75, 3.05) is 0 Å². The maximum absolute atomic E-state index is 13.5. The van der Waals surface area contributed by atoms with Crippen LogP contribution in [0.25, 0.3) is 10.9 Å². The van der Waals surface area contributed by atoms with E-state index in [0.29, 0.717) is 5.56 Å². The maximum atomic E-state index is 13.5. The predicted octanol–water partition coefficient (Wildman–Crippen LogP) is -0.534. The smallest absolute Gasteiger partial charge is 0.326 e. The van der Waals surface area contributed by atoms with E-state index in [1.54, 1.807) is 6.20 Å². The van der Waals surface area contributed by atoms with Gasteiger partial charge in [0, 0.05) is 29.9 Å². The summed E-state index contributed by atoms with van der Waals surface area (Å²) in [5.74, 6) is -4.57. The molecule has 5 unspecified atom stereocenters. The lowest BCUT2D eigenvalue weighted by Crippen LogP contribution is -2.60. The number of benzene rings is 2. The SMILES string of the molecule is CC(O)C(NC(=O)C(Cc1c[nH]c2ccccc12)NC(=O)C(N)Cc1ccccc1)C(=O)NC(CCC(N)=O)C(=O)O. The molecule has 0 radical (unpaired) electrons. The number of hydrogen-bond acceptors (Lipinski definition) is 7. The van der Waals surface area contributed by atoms with Crippen LogP contribution in [0.1, 0.15) is 30.9 Å². The Morgan fingerprint density at radius 1 is 0.857 bits per heavy atom. The number of nitrogens with one attached hydrogen (secondary N) is 4. The lowest BCUT2D eigenvalue weighted by atomic mass is 10.0. The molecule has 0 saturated carbocycles. The molecule has 3 aromatic rings. The topological polar surface area (TPSA) is 230 Å². The molecule has 0 bridgehead atoms. The largest absolute Gasteiger partial charge is 0.480 e. The molecule has 13 heteroatoms. The monoisotopic (exact) mass is 580 g/mol. The van der Waals surface area contributed by atoms with Crippen LogP contribution in [0.2, 0.25) is 0 Å². The Kier molecular flexibility index (Phi) is 11.2. The molecule has 13 nitrogen and oxygen atoms in total. The third-order valence-electron chi connectivity index (χ3n) is 6.72. The first-order chi connectivity index (χ1) is 20.0. The van der Waals surface area contributed by atoms with E-state index in [9.17, 15) is 34.2 Å². The van der Waals surface area contributed by atoms with Crippen molar-refractivity contribution in [3.63, 3.8) is 0 Å². The van der Waals surface area contributed by atoms with Gasteiger partial charge >= 0.3 is 5.97 Å². The first-order valence-electron chi connectivity index (χ1n) is 13.4. The van der Waals surface area contributed by atoms with Crippen LogP contribution in [0.5, 0.6) is 0 Å². The number of carboxylic acid groups (broad SMARTS) is 1. The van der Waals surface area contributed by atoms with Crippen LogP contribution in [0.3, 0.4) is 0 Å². The third kappa shape index (κ3) is 8.88. The Labute approximate surface area is 242 Å². The minimum atomic E-state index is -1.58. The third-order valence-corrected chi connectivity index (χ3v) is 6.72. The number of carboxylic acids is 1. The van der Waals surface area contributed by atoms with Gasteiger partial charge in [0.15, 0.2) is 0 Å². The molecule has 5 atom stereocenters. The average molecular weight is 581 g/mol. The van der Waals surface area contributed by atoms with Gasteiger partial charge in [-0.25, -0.2) is 4.79 Å². The number of hydrogen-bond donors (Lipinski definition) is 8. The molecular formula is C29H36N6O7. The highest BCUT2D eigenvalue weighted by molar-refractivity contribution is 5.95. The van der Waals surface area contributed by atoms with Gasteiger partial charge in [-0.05, 0) is 37.0 Å². The van der Waals surface area contributed by atoms with Crippen molar-refractivity contribution in [3.8, 4) is 0 Å². The van der Waals surface area contributed by atoms with Crippen molar-refractivity contribution in [2.24, 2.45) is 11.5 Å². The Morgan fingerprint density at radius 2 is 1.50 bits per heavy atom. The van der Waals surface area contributed by atoms with E-state index in [1.165, 1.54) is 6.92 Å². The number of aromatic nitrogens is 1. The number of carbonyl (C=O) groups is 5. The molecule has 4 amide bonds. The Morgan fingerprint density at radius 3 is 2.14 bits per heavy atom. The van der Waals surface area contributed by atoms with Gasteiger partial charge in [-0.3, -0.25) is 19.2 Å². The second-order valence-corrected chi connectivity index (χ2v) is 10.1. The molecule has 0 saturated heterocycles. The van der Waals surface area contributed by atoms with Crippen LogP contribution in [0, 0.1) is 0 Å². The normalized spacial score (nSPS) is 14.6. The summed E-state index contributed by atoms with van der Waals surface area (Å²) in [6.45, 7) is 1.24. The predicted molar refractivity (Wildman–Crippen MR) is 154 cm³/mol. The number of aliphatic hydroxyl groups is 1. The molecule has 0 spiro atoms. The zero-order valence-electron chi connectivity index (χ0n) is 23.1. The number of aromatic amines is 1. The number of nitrogens with two attached hydrogens (primary N) is 2. The quantitative estimate of drug-likeness (QED) is 0.116. The molecule has 224 valence electrons. The van der Waals surface area contributed by atoms with Crippen LogP contribution < -0.4 is 27.4 Å². The summed E-state index contributed by atoms with van der Waals surface area (Å²) in [4.78, 5) is 65.4. The average Bonchev–Trinajstić information content (AvgIpc) is 3.36. The second-order valence-electron chi connectivity index (χ2n) is 10.1. The maximum Gasteiger partial charge on any atom is 0.326 e. The van der Waals surface area contributed by atoms with Crippen molar-refractivity contribution in [1.82, 2.24) is 20.9 Å². The summed E-state index contributed by atoms with van der Waals surface area (Å²) < 4.78 is 0. The number of rotatable bonds is 15. The molecule has 42 heavy (non-hydrogen) atoms. The first kappa shape index (κ1) is 31.8. The number of carbonyl (C=O) groups excluding carboxylic acids is 4. The van der Waals surface area contributed by atoms with Crippen LogP contribution in [0.15, 0.2) is 60.8 Å². The lowest BCUT2D eigenvalue weighted by Gasteiger charge is -2.26. The molecule has 0 aliphatic heterocycles. The van der Waals surface area contributed by atoms with E-state index in [4.69, 9.17) is 11.5 Å². The van der Waals surface area contributed by atoms with Gasteiger partial charge in [-0.2, -0.15) is 0 Å². The molecule has 0 aliphatic rings. The zero-order valence-corrected chi connectivity index (χ0v) is 23.1. The Bertz CT molecular complexity index is 1410. The van der Waals surface area contributed by atoms with E-state index < -0.39 is 59.9 Å². The number of H-pyrrole nitrogens is 1. The second kappa shape index (κ2) is 14.8. The molecule has 0 aliphatic carbocycles. The van der Waals surface area contributed by atoms with Crippen LogP contribution >= 0.6 is 0 Å². The molecule has 1 aromatic heterocycles. The van der Waals surface area contributed by atoms with E-state index >= 15 is 0 Å². The fourth-order valence-corrected chi connectivity index (χ4v) is 4.43. The van der Waals surface area contributed by atoms with Gasteiger partial charge in [0.1, 0.15) is 18.1 Å². The standard InChI is InChI=1S/C29H36N6O7/c1-16(36)25(28(40)33-22(29(41)42)11-12-24(31)37)35-27(39)23(14-18-15-32-21-10-6-5-9-19(18)21)34-26(38)20(30)13-17-7-3-2-4-8-17/h2-10,15-16,20,22-23,25,32,36H,11-14,30H2,1H3,(H2,31,37)(H,33,40)(H,34,38)(H,35,39)(H,41,42). The van der Waals surface area contributed by atoms with Crippen molar-refractivity contribution in [1.29, 1.82) is 0 Å². The highest BCUT2D eigenvalue weighted by Crippen LogP contribution is 2.19. The van der Waals surface area contributed by atoms with Gasteiger partial charge in [0.2, 0.25) is 23.6 Å². The van der Waals surface area contributed by atoms with Crippen LogP contribution in [-0.2, 0) is 36.8 Å². The van der Waals surface area contributed by atoms with E-state index in [0.717, 1.165) is 16.5 Å². The summed E-state index contributed by atoms with van der Waals surface area (Å²) in [6.07, 6.45) is -0.0841. The van der Waals surface area contributed by atoms with Crippen molar-refractivity contribution < 1.29 is 34.2 Å². The minimum absolute atomic E-state index is 0.0180. The summed E-state index contributed by atoms with van der Waals surface area (Å²) in [5, 5.41) is 27.9. The molecule has 10 N–H and O–H groups in total. The van der Waals surface area contributed by atoms with Gasteiger partial charge in [-0.15, -0.1) is 0 Å². The molecule has 0 fully saturated rings. The molecule has 2 aromatic carbocycles. The zero-order chi connectivity index (χ0) is 30.8. The summed E-state index contributed by atoms with van der Waals surface area (Å²) >= 11 is 0. The van der Waals surface area contributed by atoms with Crippen molar-refractivity contribution >= 4 is 40.5 Å². The number of fused-ring (bicyclic) bond motifs is 1. The van der Waals surface area contributed by atoms with Crippen LogP contribution in [-0.4, -0.2) is 75.1 Å². The first-order valence-corrected chi connectivity index (χ1v) is 13.4. The summed E-state index contributed by atoms with van der Waals surface area (Å²) in [5.41, 5.74) is 13.6. The molecule has 3 rings (SSSR count). The van der Waals surface area contributed by atoms with Gasteiger partial charge in [0.05, 0.1) is 12.1 Å². The number of para-hydroxylation sites is 1. The molecular weight excluding hydrogens is 544 g/mol. The number of primary amides is 1. The summed E-state index contributed by atoms with van der Waals surface area (Å²) in [7, 11) is 0. The van der Waals surface area contributed by atoms with E-state index in [1.807, 2.05) is 54.6 Å². The number of aliphatic hydroxyl groups excluding tert-OH is 1.